The minimum Gasteiger partial charge on any atom is -0.504 e. The van der Waals surface area contributed by atoms with Crippen LogP contribution in [0.1, 0.15) is 23.5 Å². The predicted octanol–water partition coefficient (Wildman–Crippen LogP) is 0.494. The van der Waals surface area contributed by atoms with Crippen molar-refractivity contribution >= 4 is 5.97 Å². The van der Waals surface area contributed by atoms with Crippen LogP contribution in [0.2, 0.25) is 0 Å². The van der Waals surface area contributed by atoms with Gasteiger partial charge in [0.2, 0.25) is 5.69 Å². The van der Waals surface area contributed by atoms with Gasteiger partial charge >= 0.3 is 5.97 Å². The van der Waals surface area contributed by atoms with Gasteiger partial charge in [-0.05, 0) is 6.92 Å². The maximum Gasteiger partial charge on any atom is 0.360 e. The fourth-order valence-electron chi connectivity index (χ4n) is 1.08. The van der Waals surface area contributed by atoms with Crippen molar-refractivity contribution in [3.63, 3.8) is 0 Å². The van der Waals surface area contributed by atoms with E-state index in [9.17, 15) is 9.90 Å². The van der Waals surface area contributed by atoms with Gasteiger partial charge in [0.15, 0.2) is 5.75 Å². The number of aromatic carboxylic acids is 1. The van der Waals surface area contributed by atoms with Gasteiger partial charge in [-0.2, -0.15) is 5.10 Å². The van der Waals surface area contributed by atoms with Crippen LogP contribution < -0.4 is 0 Å². The molecule has 6 heteroatoms. The molecule has 0 saturated heterocycles. The van der Waals surface area contributed by atoms with Crippen LogP contribution in [0.15, 0.2) is 6.20 Å². The summed E-state index contributed by atoms with van der Waals surface area (Å²) in [6, 6.07) is -0.112. The molecule has 1 aromatic rings. The largest absolute Gasteiger partial charge is 0.504 e. The van der Waals surface area contributed by atoms with Crippen molar-refractivity contribution in [1.29, 1.82) is 0 Å². The van der Waals surface area contributed by atoms with Gasteiger partial charge in [0.05, 0.1) is 18.8 Å². The quantitative estimate of drug-likeness (QED) is 0.739. The van der Waals surface area contributed by atoms with Gasteiger partial charge in [-0.25, -0.2) is 4.79 Å². The molecule has 0 aliphatic carbocycles. The van der Waals surface area contributed by atoms with E-state index in [1.54, 1.807) is 0 Å². The molecule has 0 fully saturated rings. The number of carboxylic acid groups (broad SMARTS) is 1. The summed E-state index contributed by atoms with van der Waals surface area (Å²) in [6.45, 7) is 2.21. The first kappa shape index (κ1) is 10.5. The minimum absolute atomic E-state index is 0.112. The zero-order valence-corrected chi connectivity index (χ0v) is 7.97. The summed E-state index contributed by atoms with van der Waals surface area (Å²) < 4.78 is 6.24. The molecule has 1 aromatic heterocycles. The topological polar surface area (TPSA) is 84.6 Å². The molecule has 0 aliphatic rings. The third-order valence-corrected chi connectivity index (χ3v) is 1.77. The Kier molecular flexibility index (Phi) is 3.08. The highest BCUT2D eigenvalue weighted by Gasteiger charge is 2.17. The molecular formula is C8H12N2O4. The highest BCUT2D eigenvalue weighted by molar-refractivity contribution is 5.88. The molecule has 0 bridgehead atoms. The summed E-state index contributed by atoms with van der Waals surface area (Å²) in [7, 11) is 1.54. The lowest BCUT2D eigenvalue weighted by atomic mass is 10.4. The Bertz CT molecular complexity index is 334. The lowest BCUT2D eigenvalue weighted by Crippen LogP contribution is -2.12. The fourth-order valence-corrected chi connectivity index (χ4v) is 1.08. The summed E-state index contributed by atoms with van der Waals surface area (Å²) in [5.74, 6) is -1.58. The van der Waals surface area contributed by atoms with Crippen molar-refractivity contribution in [1.82, 2.24) is 9.78 Å². The van der Waals surface area contributed by atoms with Crippen LogP contribution in [0.25, 0.3) is 0 Å². The Labute approximate surface area is 80.7 Å². The van der Waals surface area contributed by atoms with Crippen LogP contribution in [0.5, 0.6) is 5.75 Å². The molecular weight excluding hydrogens is 188 g/mol. The first-order valence-corrected chi connectivity index (χ1v) is 4.06. The second-order valence-corrected chi connectivity index (χ2v) is 2.95. The molecule has 0 aromatic carbocycles. The van der Waals surface area contributed by atoms with Gasteiger partial charge in [0.1, 0.15) is 0 Å². The number of aromatic hydroxyl groups is 1. The molecule has 1 unspecified atom stereocenters. The average molecular weight is 200 g/mol. The lowest BCUT2D eigenvalue weighted by molar-refractivity contribution is 0.0685. The van der Waals surface area contributed by atoms with Gasteiger partial charge in [0.25, 0.3) is 0 Å². The van der Waals surface area contributed by atoms with Gasteiger partial charge < -0.3 is 14.9 Å². The van der Waals surface area contributed by atoms with E-state index in [1.165, 1.54) is 18.0 Å². The van der Waals surface area contributed by atoms with Crippen LogP contribution in [0.4, 0.5) is 0 Å². The Morgan fingerprint density at radius 3 is 2.86 bits per heavy atom. The third kappa shape index (κ3) is 2.02. The monoisotopic (exact) mass is 200 g/mol. The predicted molar refractivity (Wildman–Crippen MR) is 47.4 cm³/mol. The number of carboxylic acids is 1. The normalized spacial score (nSPS) is 12.7. The van der Waals surface area contributed by atoms with Crippen LogP contribution in [0.3, 0.4) is 0 Å². The van der Waals surface area contributed by atoms with Crippen LogP contribution in [-0.4, -0.2) is 39.7 Å². The standard InChI is InChI=1S/C8H12N2O4/c1-5(4-14-2)10-3-6(11)7(9-10)8(12)13/h3,5,11H,4H2,1-2H3,(H,12,13). The number of hydrogen-bond acceptors (Lipinski definition) is 4. The highest BCUT2D eigenvalue weighted by Crippen LogP contribution is 2.17. The Balaban J connectivity index is 2.90. The molecule has 0 amide bonds. The van der Waals surface area contributed by atoms with Crippen molar-refractivity contribution in [2.45, 2.75) is 13.0 Å². The van der Waals surface area contributed by atoms with Crippen LogP contribution in [0, 0.1) is 0 Å². The first-order valence-electron chi connectivity index (χ1n) is 4.06. The number of hydrogen-bond donors (Lipinski definition) is 2. The summed E-state index contributed by atoms with van der Waals surface area (Å²) >= 11 is 0. The lowest BCUT2D eigenvalue weighted by Gasteiger charge is -2.09. The number of methoxy groups -OCH3 is 1. The second-order valence-electron chi connectivity index (χ2n) is 2.95. The molecule has 78 valence electrons. The fraction of sp³-hybridized carbons (Fsp3) is 0.500. The van der Waals surface area contributed by atoms with Gasteiger partial charge in [0, 0.05) is 7.11 Å². The third-order valence-electron chi connectivity index (χ3n) is 1.77. The number of aromatic nitrogens is 2. The Morgan fingerprint density at radius 2 is 2.43 bits per heavy atom. The summed E-state index contributed by atoms with van der Waals surface area (Å²) in [6.07, 6.45) is 1.27. The minimum atomic E-state index is -1.24. The van der Waals surface area contributed by atoms with Gasteiger partial charge in [-0.1, -0.05) is 0 Å². The molecule has 1 heterocycles. The zero-order chi connectivity index (χ0) is 10.7. The SMILES string of the molecule is COCC(C)n1cc(O)c(C(=O)O)n1. The summed E-state index contributed by atoms with van der Waals surface area (Å²) in [5.41, 5.74) is -0.340. The van der Waals surface area contributed by atoms with E-state index in [0.29, 0.717) is 6.61 Å². The Hall–Kier alpha value is -1.56. The molecule has 0 spiro atoms. The molecule has 0 aliphatic heterocycles. The van der Waals surface area contributed by atoms with Crippen molar-refractivity contribution < 1.29 is 19.7 Å². The average Bonchev–Trinajstić information content (AvgIpc) is 2.48. The molecule has 2 N–H and O–H groups in total. The molecule has 14 heavy (non-hydrogen) atoms. The smallest absolute Gasteiger partial charge is 0.360 e. The number of ether oxygens (including phenoxy) is 1. The van der Waals surface area contributed by atoms with Crippen molar-refractivity contribution in [2.75, 3.05) is 13.7 Å². The molecule has 0 radical (unpaired) electrons. The second kappa shape index (κ2) is 4.10. The van der Waals surface area contributed by atoms with E-state index in [4.69, 9.17) is 9.84 Å². The van der Waals surface area contributed by atoms with E-state index < -0.39 is 5.97 Å². The van der Waals surface area contributed by atoms with E-state index in [-0.39, 0.29) is 17.5 Å². The molecule has 0 saturated carbocycles. The number of nitrogens with zero attached hydrogens (tertiary/aromatic N) is 2. The van der Waals surface area contributed by atoms with Crippen molar-refractivity contribution in [3.05, 3.63) is 11.9 Å². The number of carbonyl (C=O) groups is 1. The van der Waals surface area contributed by atoms with Crippen LogP contribution in [-0.2, 0) is 4.74 Å². The van der Waals surface area contributed by atoms with E-state index >= 15 is 0 Å². The van der Waals surface area contributed by atoms with Gasteiger partial charge in [-0.15, -0.1) is 0 Å². The number of rotatable bonds is 4. The first-order chi connectivity index (χ1) is 6.56. The van der Waals surface area contributed by atoms with E-state index in [2.05, 4.69) is 5.10 Å². The van der Waals surface area contributed by atoms with E-state index in [1.807, 2.05) is 6.92 Å². The maximum absolute atomic E-state index is 10.5. The summed E-state index contributed by atoms with van der Waals surface area (Å²) in [4.78, 5) is 10.5. The molecule has 6 nitrogen and oxygen atoms in total. The summed E-state index contributed by atoms with van der Waals surface area (Å²) in [5, 5.41) is 21.6. The van der Waals surface area contributed by atoms with Crippen LogP contribution >= 0.6 is 0 Å². The van der Waals surface area contributed by atoms with E-state index in [0.717, 1.165) is 0 Å². The Morgan fingerprint density at radius 1 is 1.79 bits per heavy atom. The van der Waals surface area contributed by atoms with Crippen molar-refractivity contribution in [2.24, 2.45) is 0 Å². The molecule has 1 atom stereocenters. The van der Waals surface area contributed by atoms with Crippen molar-refractivity contribution in [3.8, 4) is 5.75 Å². The maximum atomic E-state index is 10.5. The molecule has 1 rings (SSSR count). The highest BCUT2D eigenvalue weighted by atomic mass is 16.5. The zero-order valence-electron chi connectivity index (χ0n) is 7.97. The van der Waals surface area contributed by atoms with Gasteiger partial charge in [-0.3, -0.25) is 4.68 Å².